The number of hydrogen-bond donors (Lipinski definition) is 0. The fraction of sp³-hybridized carbons (Fsp3) is 0.462. The highest BCUT2D eigenvalue weighted by molar-refractivity contribution is 6.38. The van der Waals surface area contributed by atoms with Gasteiger partial charge in [0.2, 0.25) is 0 Å². The smallest absolute Gasteiger partial charge is 0.256 e. The van der Waals surface area contributed by atoms with Gasteiger partial charge in [0.1, 0.15) is 0 Å². The molecule has 0 spiro atoms. The highest BCUT2D eigenvalue weighted by atomic mass is 35.5. The van der Waals surface area contributed by atoms with E-state index in [2.05, 4.69) is 10.1 Å². The number of likely N-dealkylation sites (tertiary alicyclic amines) is 1. The lowest BCUT2D eigenvalue weighted by Gasteiger charge is -2.15. The Balaban J connectivity index is 2.05. The second kappa shape index (κ2) is 4.81. The molecule has 1 saturated heterocycles. The van der Waals surface area contributed by atoms with Crippen molar-refractivity contribution in [3.63, 3.8) is 0 Å². The van der Waals surface area contributed by atoms with Gasteiger partial charge in [-0.15, -0.1) is 0 Å². The van der Waals surface area contributed by atoms with E-state index in [0.717, 1.165) is 43.5 Å². The van der Waals surface area contributed by atoms with Gasteiger partial charge in [0, 0.05) is 25.8 Å². The molecule has 0 unspecified atom stereocenters. The van der Waals surface area contributed by atoms with Crippen molar-refractivity contribution in [1.82, 2.24) is 19.7 Å². The van der Waals surface area contributed by atoms with E-state index in [4.69, 9.17) is 11.6 Å². The fourth-order valence-electron chi connectivity index (χ4n) is 2.47. The average molecular weight is 279 g/mol. The molecule has 100 valence electrons. The Kier molecular flexibility index (Phi) is 3.14. The first-order valence-corrected chi connectivity index (χ1v) is 6.89. The van der Waals surface area contributed by atoms with Gasteiger partial charge in [0.05, 0.1) is 22.2 Å². The molecule has 3 heterocycles. The number of rotatable bonds is 2. The second-order valence-electron chi connectivity index (χ2n) is 4.68. The predicted molar refractivity (Wildman–Crippen MR) is 73.3 cm³/mol. The Bertz CT molecular complexity index is 631. The molecule has 1 aliphatic rings. The number of fused-ring (bicyclic) bond motifs is 1. The lowest BCUT2D eigenvalue weighted by atomic mass is 10.2. The van der Waals surface area contributed by atoms with E-state index in [9.17, 15) is 4.79 Å². The molecule has 1 amide bonds. The second-order valence-corrected chi connectivity index (χ2v) is 5.06. The first-order chi connectivity index (χ1) is 9.22. The number of nitrogens with zero attached hydrogens (tertiary/aromatic N) is 4. The van der Waals surface area contributed by atoms with E-state index < -0.39 is 0 Å². The molecule has 5 nitrogen and oxygen atoms in total. The molecule has 0 aromatic carbocycles. The maximum Gasteiger partial charge on any atom is 0.256 e. The average Bonchev–Trinajstić information content (AvgIpc) is 3.08. The highest BCUT2D eigenvalue weighted by Gasteiger charge is 2.23. The van der Waals surface area contributed by atoms with E-state index in [0.29, 0.717) is 10.6 Å². The third kappa shape index (κ3) is 1.98. The summed E-state index contributed by atoms with van der Waals surface area (Å²) in [4.78, 5) is 18.5. The highest BCUT2D eigenvalue weighted by Crippen LogP contribution is 2.27. The maximum atomic E-state index is 12.4. The zero-order valence-electron chi connectivity index (χ0n) is 10.8. The molecule has 19 heavy (non-hydrogen) atoms. The van der Waals surface area contributed by atoms with Gasteiger partial charge in [-0.25, -0.2) is 9.67 Å². The summed E-state index contributed by atoms with van der Waals surface area (Å²) in [7, 11) is 0. The third-order valence-corrected chi connectivity index (χ3v) is 3.93. The molecule has 0 aliphatic carbocycles. The van der Waals surface area contributed by atoms with Crippen LogP contribution in [0.3, 0.4) is 0 Å². The fourth-order valence-corrected chi connectivity index (χ4v) is 2.73. The van der Waals surface area contributed by atoms with Gasteiger partial charge >= 0.3 is 0 Å². The van der Waals surface area contributed by atoms with E-state index >= 15 is 0 Å². The van der Waals surface area contributed by atoms with Crippen molar-refractivity contribution in [2.45, 2.75) is 26.3 Å². The van der Waals surface area contributed by atoms with Crippen LogP contribution in [-0.2, 0) is 6.54 Å². The van der Waals surface area contributed by atoms with Crippen LogP contribution in [0.5, 0.6) is 0 Å². The topological polar surface area (TPSA) is 51.0 Å². The lowest BCUT2D eigenvalue weighted by Crippen LogP contribution is -2.28. The Morgan fingerprint density at radius 3 is 2.79 bits per heavy atom. The van der Waals surface area contributed by atoms with Gasteiger partial charge < -0.3 is 4.90 Å². The monoisotopic (exact) mass is 278 g/mol. The number of halogens is 1. The zero-order chi connectivity index (χ0) is 13.4. The number of carbonyl (C=O) groups is 1. The molecule has 2 aromatic rings. The minimum atomic E-state index is -0.0267. The molecule has 0 radical (unpaired) electrons. The predicted octanol–water partition coefficient (Wildman–Crippen LogP) is 2.34. The molecule has 0 atom stereocenters. The number of carbonyl (C=O) groups excluding carboxylic acids is 1. The molecule has 1 fully saturated rings. The SMILES string of the molecule is CCn1ncc2c(Cl)c(C(=O)N3CCCC3)cnc21. The van der Waals surface area contributed by atoms with Crippen LogP contribution in [0, 0.1) is 0 Å². The minimum Gasteiger partial charge on any atom is -0.339 e. The summed E-state index contributed by atoms with van der Waals surface area (Å²) in [6.45, 7) is 4.33. The van der Waals surface area contributed by atoms with Gasteiger partial charge in [-0.1, -0.05) is 11.6 Å². The Labute approximate surface area is 116 Å². The molecule has 0 bridgehead atoms. The number of aromatic nitrogens is 3. The molecule has 0 N–H and O–H groups in total. The van der Waals surface area contributed by atoms with Crippen molar-refractivity contribution >= 4 is 28.5 Å². The normalized spacial score (nSPS) is 15.4. The van der Waals surface area contributed by atoms with Crippen LogP contribution in [0.25, 0.3) is 11.0 Å². The quantitative estimate of drug-likeness (QED) is 0.847. The number of amides is 1. The Hall–Kier alpha value is -1.62. The summed E-state index contributed by atoms with van der Waals surface area (Å²) >= 11 is 6.34. The van der Waals surface area contributed by atoms with Crippen molar-refractivity contribution in [3.05, 3.63) is 23.0 Å². The standard InChI is InChI=1S/C13H15ClN4O/c1-2-18-12-9(8-16-18)11(14)10(7-15-12)13(19)17-5-3-4-6-17/h7-8H,2-6H2,1H3. The minimum absolute atomic E-state index is 0.0267. The van der Waals surface area contributed by atoms with Crippen LogP contribution >= 0.6 is 11.6 Å². The van der Waals surface area contributed by atoms with E-state index in [1.165, 1.54) is 0 Å². The largest absolute Gasteiger partial charge is 0.339 e. The summed E-state index contributed by atoms with van der Waals surface area (Å²) in [5, 5.41) is 5.42. The number of pyridine rings is 1. The molecule has 6 heteroatoms. The number of aryl methyl sites for hydroxylation is 1. The van der Waals surface area contributed by atoms with Gasteiger partial charge in [0.15, 0.2) is 5.65 Å². The van der Waals surface area contributed by atoms with Crippen molar-refractivity contribution in [3.8, 4) is 0 Å². The first-order valence-electron chi connectivity index (χ1n) is 6.51. The third-order valence-electron chi connectivity index (χ3n) is 3.52. The van der Waals surface area contributed by atoms with Crippen molar-refractivity contribution in [2.24, 2.45) is 0 Å². The summed E-state index contributed by atoms with van der Waals surface area (Å²) in [6, 6.07) is 0. The van der Waals surface area contributed by atoms with Gasteiger partial charge in [-0.3, -0.25) is 4.79 Å². The van der Waals surface area contributed by atoms with Crippen LogP contribution in [0.15, 0.2) is 12.4 Å². The number of hydrogen-bond acceptors (Lipinski definition) is 3. The van der Waals surface area contributed by atoms with Crippen LogP contribution in [0.4, 0.5) is 0 Å². The van der Waals surface area contributed by atoms with Crippen LogP contribution in [0.2, 0.25) is 5.02 Å². The first kappa shape index (κ1) is 12.4. The molecular formula is C13H15ClN4O. The van der Waals surface area contributed by atoms with Crippen LogP contribution < -0.4 is 0 Å². The summed E-state index contributed by atoms with van der Waals surface area (Å²) in [5.74, 6) is -0.0267. The van der Waals surface area contributed by atoms with Gasteiger partial charge in [-0.2, -0.15) is 5.10 Å². The Morgan fingerprint density at radius 2 is 2.11 bits per heavy atom. The van der Waals surface area contributed by atoms with Crippen molar-refractivity contribution in [1.29, 1.82) is 0 Å². The molecule has 1 aliphatic heterocycles. The summed E-state index contributed by atoms with van der Waals surface area (Å²) < 4.78 is 1.77. The molecule has 0 saturated carbocycles. The van der Waals surface area contributed by atoms with E-state index in [-0.39, 0.29) is 5.91 Å². The van der Waals surface area contributed by atoms with Gasteiger partial charge in [-0.05, 0) is 19.8 Å². The summed E-state index contributed by atoms with van der Waals surface area (Å²) in [5.41, 5.74) is 1.21. The van der Waals surface area contributed by atoms with E-state index in [1.54, 1.807) is 17.1 Å². The Morgan fingerprint density at radius 1 is 1.37 bits per heavy atom. The van der Waals surface area contributed by atoms with E-state index in [1.807, 2.05) is 11.8 Å². The van der Waals surface area contributed by atoms with Crippen molar-refractivity contribution < 1.29 is 4.79 Å². The molecular weight excluding hydrogens is 264 g/mol. The van der Waals surface area contributed by atoms with Gasteiger partial charge in [0.25, 0.3) is 5.91 Å². The molecule has 2 aromatic heterocycles. The molecule has 3 rings (SSSR count). The lowest BCUT2D eigenvalue weighted by molar-refractivity contribution is 0.0793. The summed E-state index contributed by atoms with van der Waals surface area (Å²) in [6.07, 6.45) is 5.37. The van der Waals surface area contributed by atoms with Crippen LogP contribution in [0.1, 0.15) is 30.1 Å². The van der Waals surface area contributed by atoms with Crippen molar-refractivity contribution in [2.75, 3.05) is 13.1 Å². The maximum absolute atomic E-state index is 12.4. The van der Waals surface area contributed by atoms with Crippen LogP contribution in [-0.4, -0.2) is 38.7 Å². The zero-order valence-corrected chi connectivity index (χ0v) is 11.5.